The van der Waals surface area contributed by atoms with E-state index in [-0.39, 0.29) is 11.8 Å². The van der Waals surface area contributed by atoms with E-state index in [9.17, 15) is 9.59 Å². The Morgan fingerprint density at radius 1 is 1.12 bits per heavy atom. The topological polar surface area (TPSA) is 58.6 Å². The number of carbonyl (C=O) groups is 2. The average molecular weight is 361 g/mol. The van der Waals surface area contributed by atoms with Crippen molar-refractivity contribution in [2.24, 2.45) is 0 Å². The maximum absolute atomic E-state index is 12.5. The number of ether oxygens (including phenoxy) is 1. The van der Waals surface area contributed by atoms with Gasteiger partial charge in [-0.15, -0.1) is 0 Å². The van der Waals surface area contributed by atoms with Crippen molar-refractivity contribution in [3.05, 3.63) is 64.7 Å². The van der Waals surface area contributed by atoms with Crippen LogP contribution in [0.15, 0.2) is 48.5 Å². The summed E-state index contributed by atoms with van der Waals surface area (Å²) in [6.45, 7) is 2.14. The van der Waals surface area contributed by atoms with Crippen molar-refractivity contribution in [1.82, 2.24) is 10.2 Å². The van der Waals surface area contributed by atoms with E-state index < -0.39 is 6.10 Å². The summed E-state index contributed by atoms with van der Waals surface area (Å²) in [5, 5.41) is 3.19. The highest BCUT2D eigenvalue weighted by atomic mass is 35.5. The Kier molecular flexibility index (Phi) is 6.42. The molecule has 2 amide bonds. The van der Waals surface area contributed by atoms with Gasteiger partial charge in [-0.05, 0) is 48.9 Å². The van der Waals surface area contributed by atoms with Crippen molar-refractivity contribution < 1.29 is 14.3 Å². The summed E-state index contributed by atoms with van der Waals surface area (Å²) in [7, 11) is 3.31. The minimum atomic E-state index is -0.615. The van der Waals surface area contributed by atoms with Crippen molar-refractivity contribution >= 4 is 23.4 Å². The molecule has 0 aliphatic heterocycles. The summed E-state index contributed by atoms with van der Waals surface area (Å²) in [5.74, 6) is 0.319. The highest BCUT2D eigenvalue weighted by molar-refractivity contribution is 6.30. The van der Waals surface area contributed by atoms with Crippen molar-refractivity contribution in [3.8, 4) is 5.75 Å². The molecule has 132 valence electrons. The Labute approximate surface area is 152 Å². The van der Waals surface area contributed by atoms with E-state index in [0.717, 1.165) is 5.56 Å². The first-order valence-corrected chi connectivity index (χ1v) is 8.26. The first kappa shape index (κ1) is 18.8. The summed E-state index contributed by atoms with van der Waals surface area (Å²) >= 11 is 5.84. The molecular weight excluding hydrogens is 340 g/mol. The first-order valence-electron chi connectivity index (χ1n) is 7.89. The Morgan fingerprint density at radius 3 is 2.28 bits per heavy atom. The number of nitrogens with one attached hydrogen (secondary N) is 1. The lowest BCUT2D eigenvalue weighted by molar-refractivity contribution is -0.137. The Balaban J connectivity index is 1.94. The summed E-state index contributed by atoms with van der Waals surface area (Å²) in [4.78, 5) is 25.6. The molecular formula is C19H21ClN2O3. The number of halogens is 1. The standard InChI is InChI=1S/C19H21ClN2O3/c1-13(25-17-10-8-16(20)9-11-17)19(24)22(3)12-14-4-6-15(7-5-14)18(23)21-2/h4-11,13H,12H2,1-3H3,(H,21,23)/t13-/m0/s1. The van der Waals surface area contributed by atoms with Crippen molar-refractivity contribution in [2.45, 2.75) is 19.6 Å². The zero-order valence-corrected chi connectivity index (χ0v) is 15.2. The molecule has 2 aromatic rings. The quantitative estimate of drug-likeness (QED) is 0.861. The number of carbonyl (C=O) groups excluding carboxylic acids is 2. The van der Waals surface area contributed by atoms with Crippen molar-refractivity contribution in [2.75, 3.05) is 14.1 Å². The molecule has 25 heavy (non-hydrogen) atoms. The van der Waals surface area contributed by atoms with Gasteiger partial charge in [0.25, 0.3) is 11.8 Å². The van der Waals surface area contributed by atoms with Gasteiger partial charge in [-0.1, -0.05) is 23.7 Å². The third-order valence-corrected chi connectivity index (χ3v) is 3.97. The van der Waals surface area contributed by atoms with Crippen molar-refractivity contribution in [1.29, 1.82) is 0 Å². The largest absolute Gasteiger partial charge is 0.481 e. The van der Waals surface area contributed by atoms with E-state index in [4.69, 9.17) is 16.3 Å². The fourth-order valence-electron chi connectivity index (χ4n) is 2.34. The molecule has 6 heteroatoms. The number of benzene rings is 2. The lowest BCUT2D eigenvalue weighted by Crippen LogP contribution is -2.37. The molecule has 0 fully saturated rings. The smallest absolute Gasteiger partial charge is 0.263 e. The fraction of sp³-hybridized carbons (Fsp3) is 0.263. The van der Waals surface area contributed by atoms with Gasteiger partial charge in [0.15, 0.2) is 6.10 Å². The third-order valence-electron chi connectivity index (χ3n) is 3.71. The van der Waals surface area contributed by atoms with Crippen LogP contribution in [-0.4, -0.2) is 36.9 Å². The van der Waals surface area contributed by atoms with Crippen LogP contribution < -0.4 is 10.1 Å². The second-order valence-electron chi connectivity index (χ2n) is 5.68. The minimum absolute atomic E-state index is 0.134. The van der Waals surface area contributed by atoms with Crippen LogP contribution in [0.25, 0.3) is 0 Å². The fourth-order valence-corrected chi connectivity index (χ4v) is 2.46. The van der Waals surface area contributed by atoms with E-state index in [1.165, 1.54) is 0 Å². The van der Waals surface area contributed by atoms with Crippen LogP contribution in [0.5, 0.6) is 5.75 Å². The van der Waals surface area contributed by atoms with Gasteiger partial charge in [0.05, 0.1) is 0 Å². The summed E-state index contributed by atoms with van der Waals surface area (Å²) < 4.78 is 5.65. The Morgan fingerprint density at radius 2 is 1.72 bits per heavy atom. The van der Waals surface area contributed by atoms with Gasteiger partial charge in [0.1, 0.15) is 5.75 Å². The highest BCUT2D eigenvalue weighted by Gasteiger charge is 2.19. The molecule has 0 bridgehead atoms. The maximum atomic E-state index is 12.5. The van der Waals surface area contributed by atoms with Crippen LogP contribution in [0.2, 0.25) is 5.02 Å². The van der Waals surface area contributed by atoms with Crippen LogP contribution in [0.4, 0.5) is 0 Å². The van der Waals surface area contributed by atoms with Gasteiger partial charge in [-0.3, -0.25) is 9.59 Å². The van der Waals surface area contributed by atoms with E-state index in [2.05, 4.69) is 5.32 Å². The van der Waals surface area contributed by atoms with Crippen LogP contribution in [0.3, 0.4) is 0 Å². The Bertz CT molecular complexity index is 729. The molecule has 0 unspecified atom stereocenters. The van der Waals surface area contributed by atoms with E-state index >= 15 is 0 Å². The number of hydrogen-bond donors (Lipinski definition) is 1. The molecule has 0 saturated carbocycles. The summed E-state index contributed by atoms with van der Waals surface area (Å²) in [5.41, 5.74) is 1.52. The molecule has 0 saturated heterocycles. The predicted octanol–water partition coefficient (Wildman–Crippen LogP) is 3.13. The molecule has 1 atom stereocenters. The van der Waals surface area contributed by atoms with Gasteiger partial charge in [0, 0.05) is 31.2 Å². The van der Waals surface area contributed by atoms with Gasteiger partial charge in [0.2, 0.25) is 0 Å². The number of rotatable bonds is 6. The van der Waals surface area contributed by atoms with Gasteiger partial charge in [-0.2, -0.15) is 0 Å². The molecule has 0 spiro atoms. The number of nitrogens with zero attached hydrogens (tertiary/aromatic N) is 1. The van der Waals surface area contributed by atoms with Gasteiger partial charge in [-0.25, -0.2) is 0 Å². The van der Waals surface area contributed by atoms with E-state index in [1.807, 2.05) is 12.1 Å². The zero-order valence-electron chi connectivity index (χ0n) is 14.5. The van der Waals surface area contributed by atoms with Gasteiger partial charge < -0.3 is 15.0 Å². The monoisotopic (exact) mass is 360 g/mol. The van der Waals surface area contributed by atoms with Crippen LogP contribution >= 0.6 is 11.6 Å². The molecule has 0 heterocycles. The minimum Gasteiger partial charge on any atom is -0.481 e. The lowest BCUT2D eigenvalue weighted by Gasteiger charge is -2.22. The number of amides is 2. The molecule has 0 aliphatic rings. The number of hydrogen-bond acceptors (Lipinski definition) is 3. The van der Waals surface area contributed by atoms with Gasteiger partial charge >= 0.3 is 0 Å². The SMILES string of the molecule is CNC(=O)c1ccc(CN(C)C(=O)[C@H](C)Oc2ccc(Cl)cc2)cc1. The van der Waals surface area contributed by atoms with E-state index in [1.54, 1.807) is 62.3 Å². The van der Waals surface area contributed by atoms with E-state index in [0.29, 0.717) is 22.9 Å². The molecule has 5 nitrogen and oxygen atoms in total. The van der Waals surface area contributed by atoms with Crippen LogP contribution in [0, 0.1) is 0 Å². The third kappa shape index (κ3) is 5.22. The molecule has 2 rings (SSSR count). The summed E-state index contributed by atoms with van der Waals surface area (Å²) in [6, 6.07) is 14.0. The average Bonchev–Trinajstić information content (AvgIpc) is 2.62. The first-order chi connectivity index (χ1) is 11.9. The lowest BCUT2D eigenvalue weighted by atomic mass is 10.1. The molecule has 2 aromatic carbocycles. The zero-order chi connectivity index (χ0) is 18.4. The number of likely N-dealkylation sites (N-methyl/N-ethyl adjacent to an activating group) is 1. The highest BCUT2D eigenvalue weighted by Crippen LogP contribution is 2.17. The molecule has 0 aliphatic carbocycles. The molecule has 0 radical (unpaired) electrons. The van der Waals surface area contributed by atoms with Crippen LogP contribution in [0.1, 0.15) is 22.8 Å². The second kappa shape index (κ2) is 8.53. The maximum Gasteiger partial charge on any atom is 0.263 e. The summed E-state index contributed by atoms with van der Waals surface area (Å²) in [6.07, 6.45) is -0.615. The second-order valence-corrected chi connectivity index (χ2v) is 6.12. The van der Waals surface area contributed by atoms with Crippen molar-refractivity contribution in [3.63, 3.8) is 0 Å². The predicted molar refractivity (Wildman–Crippen MR) is 97.8 cm³/mol. The Hall–Kier alpha value is -2.53. The molecule has 1 N–H and O–H groups in total. The molecule has 0 aromatic heterocycles. The van der Waals surface area contributed by atoms with Crippen LogP contribution in [-0.2, 0) is 11.3 Å². The normalized spacial score (nSPS) is 11.5.